The molecule has 1 aromatic heterocycles. The van der Waals surface area contributed by atoms with Gasteiger partial charge in [-0.25, -0.2) is 4.68 Å². The molecule has 1 aliphatic carbocycles. The van der Waals surface area contributed by atoms with Gasteiger partial charge in [0.15, 0.2) is 0 Å². The van der Waals surface area contributed by atoms with Crippen LogP contribution in [0.3, 0.4) is 0 Å². The number of nitrogens with one attached hydrogen (secondary N) is 1. The molecule has 1 heterocycles. The third kappa shape index (κ3) is 3.72. The number of nitrogens with zero attached hydrogens (tertiary/aromatic N) is 3. The zero-order valence-corrected chi connectivity index (χ0v) is 15.6. The van der Waals surface area contributed by atoms with Crippen LogP contribution < -0.4 is 5.32 Å². The van der Waals surface area contributed by atoms with E-state index in [-0.39, 0.29) is 17.5 Å². The molecule has 138 valence electrons. The minimum absolute atomic E-state index is 0.0911. The van der Waals surface area contributed by atoms with Gasteiger partial charge in [-0.1, -0.05) is 48.5 Å². The molecular weight excluding hydrogens is 348 g/mol. The topological polar surface area (TPSA) is 70.7 Å². The first-order valence-corrected chi connectivity index (χ1v) is 9.29. The number of nitriles is 1. The SMILES string of the molecule is Cc1ccccc1-n1cc(/C=C(\C#N)C(=O)NC2CC2)c(-c2ccccc2)n1. The first kappa shape index (κ1) is 17.7. The van der Waals surface area contributed by atoms with Crippen molar-refractivity contribution in [1.29, 1.82) is 5.26 Å². The van der Waals surface area contributed by atoms with Crippen LogP contribution in [0.5, 0.6) is 0 Å². The molecule has 1 saturated carbocycles. The fourth-order valence-electron chi connectivity index (χ4n) is 3.05. The van der Waals surface area contributed by atoms with E-state index in [4.69, 9.17) is 5.10 Å². The molecule has 3 aromatic rings. The molecule has 0 unspecified atom stereocenters. The van der Waals surface area contributed by atoms with Gasteiger partial charge < -0.3 is 5.32 Å². The summed E-state index contributed by atoms with van der Waals surface area (Å²) in [7, 11) is 0. The molecular formula is C23H20N4O. The summed E-state index contributed by atoms with van der Waals surface area (Å²) >= 11 is 0. The molecule has 0 saturated heterocycles. The monoisotopic (exact) mass is 368 g/mol. The van der Waals surface area contributed by atoms with E-state index in [9.17, 15) is 10.1 Å². The fraction of sp³-hybridized carbons (Fsp3) is 0.174. The quantitative estimate of drug-likeness (QED) is 0.546. The molecule has 0 radical (unpaired) electrons. The zero-order chi connectivity index (χ0) is 19.5. The number of aryl methyl sites for hydroxylation is 1. The normalized spacial score (nSPS) is 13.8. The van der Waals surface area contributed by atoms with Gasteiger partial charge in [-0.05, 0) is 37.5 Å². The molecule has 1 N–H and O–H groups in total. The van der Waals surface area contributed by atoms with Crippen molar-refractivity contribution < 1.29 is 4.79 Å². The van der Waals surface area contributed by atoms with Crippen molar-refractivity contribution in [1.82, 2.24) is 15.1 Å². The lowest BCUT2D eigenvalue weighted by molar-refractivity contribution is -0.117. The second kappa shape index (κ2) is 7.53. The average Bonchev–Trinajstić information content (AvgIpc) is 3.43. The number of hydrogen-bond donors (Lipinski definition) is 1. The van der Waals surface area contributed by atoms with Crippen molar-refractivity contribution >= 4 is 12.0 Å². The van der Waals surface area contributed by atoms with E-state index >= 15 is 0 Å². The van der Waals surface area contributed by atoms with Gasteiger partial charge in [0.2, 0.25) is 0 Å². The lowest BCUT2D eigenvalue weighted by atomic mass is 10.1. The average molecular weight is 368 g/mol. The Hall–Kier alpha value is -3.65. The molecule has 0 bridgehead atoms. The highest BCUT2D eigenvalue weighted by Crippen LogP contribution is 2.27. The van der Waals surface area contributed by atoms with E-state index in [0.29, 0.717) is 0 Å². The van der Waals surface area contributed by atoms with E-state index < -0.39 is 0 Å². The Morgan fingerprint density at radius 3 is 2.57 bits per heavy atom. The summed E-state index contributed by atoms with van der Waals surface area (Å²) in [5.41, 5.74) is 4.54. The Morgan fingerprint density at radius 2 is 1.89 bits per heavy atom. The lowest BCUT2D eigenvalue weighted by Crippen LogP contribution is -2.26. The number of amides is 1. The van der Waals surface area contributed by atoms with Gasteiger partial charge in [0.1, 0.15) is 11.6 Å². The summed E-state index contributed by atoms with van der Waals surface area (Å²) in [5, 5.41) is 17.2. The maximum absolute atomic E-state index is 12.4. The van der Waals surface area contributed by atoms with Crippen molar-refractivity contribution in [2.75, 3.05) is 0 Å². The molecule has 28 heavy (non-hydrogen) atoms. The van der Waals surface area contributed by atoms with E-state index in [1.165, 1.54) is 0 Å². The molecule has 5 heteroatoms. The zero-order valence-electron chi connectivity index (χ0n) is 15.6. The third-order valence-corrected chi connectivity index (χ3v) is 4.73. The van der Waals surface area contributed by atoms with Gasteiger partial charge >= 0.3 is 0 Å². The van der Waals surface area contributed by atoms with Crippen molar-refractivity contribution in [2.45, 2.75) is 25.8 Å². The summed E-state index contributed by atoms with van der Waals surface area (Å²) in [6.07, 6.45) is 5.45. The van der Waals surface area contributed by atoms with Crippen LogP contribution in [0.25, 0.3) is 23.0 Å². The van der Waals surface area contributed by atoms with Crippen molar-refractivity contribution in [3.05, 3.63) is 77.5 Å². The van der Waals surface area contributed by atoms with Crippen molar-refractivity contribution in [3.8, 4) is 23.0 Å². The van der Waals surface area contributed by atoms with Crippen molar-refractivity contribution in [2.24, 2.45) is 0 Å². The summed E-state index contributed by atoms with van der Waals surface area (Å²) in [6, 6.07) is 20.0. The molecule has 1 aliphatic rings. The van der Waals surface area contributed by atoms with Crippen LogP contribution in [0.4, 0.5) is 0 Å². The van der Waals surface area contributed by atoms with Crippen LogP contribution in [0.15, 0.2) is 66.4 Å². The molecule has 0 atom stereocenters. The standard InChI is InChI=1S/C23H20N4O/c1-16-7-5-6-10-21(16)27-15-19(22(26-27)17-8-3-2-4-9-17)13-18(14-24)23(28)25-20-11-12-20/h2-10,13,15,20H,11-12H2,1H3,(H,25,28)/b18-13+. The van der Waals surface area contributed by atoms with Gasteiger partial charge in [-0.2, -0.15) is 10.4 Å². The summed E-state index contributed by atoms with van der Waals surface area (Å²) in [4.78, 5) is 12.4. The minimum Gasteiger partial charge on any atom is -0.349 e. The van der Waals surface area contributed by atoms with Gasteiger partial charge in [0, 0.05) is 23.4 Å². The van der Waals surface area contributed by atoms with Gasteiger partial charge in [0.25, 0.3) is 5.91 Å². The Bertz CT molecular complexity index is 1090. The molecule has 0 spiro atoms. The summed E-state index contributed by atoms with van der Waals surface area (Å²) in [5.74, 6) is -0.326. The maximum atomic E-state index is 12.4. The Morgan fingerprint density at radius 1 is 1.18 bits per heavy atom. The van der Waals surface area contributed by atoms with Crippen LogP contribution in [0.1, 0.15) is 24.0 Å². The lowest BCUT2D eigenvalue weighted by Gasteiger charge is -2.04. The number of hydrogen-bond acceptors (Lipinski definition) is 3. The number of carbonyl (C=O) groups is 1. The molecule has 0 aliphatic heterocycles. The van der Waals surface area contributed by atoms with Gasteiger partial charge in [0.05, 0.1) is 11.4 Å². The second-order valence-electron chi connectivity index (χ2n) is 6.95. The van der Waals surface area contributed by atoms with E-state index in [0.717, 1.165) is 40.9 Å². The van der Waals surface area contributed by atoms with E-state index in [1.807, 2.05) is 73.8 Å². The third-order valence-electron chi connectivity index (χ3n) is 4.73. The molecule has 2 aromatic carbocycles. The van der Waals surface area contributed by atoms with Crippen LogP contribution in [-0.2, 0) is 4.79 Å². The van der Waals surface area contributed by atoms with Crippen LogP contribution in [0.2, 0.25) is 0 Å². The number of rotatable bonds is 5. The number of benzene rings is 2. The van der Waals surface area contributed by atoms with Crippen LogP contribution >= 0.6 is 0 Å². The van der Waals surface area contributed by atoms with E-state index in [1.54, 1.807) is 10.8 Å². The number of carbonyl (C=O) groups excluding carboxylic acids is 1. The Balaban J connectivity index is 1.80. The first-order valence-electron chi connectivity index (χ1n) is 9.29. The van der Waals surface area contributed by atoms with Gasteiger partial charge in [-0.15, -0.1) is 0 Å². The summed E-state index contributed by atoms with van der Waals surface area (Å²) in [6.45, 7) is 2.03. The molecule has 1 amide bonds. The second-order valence-corrected chi connectivity index (χ2v) is 6.95. The number of aromatic nitrogens is 2. The fourth-order valence-corrected chi connectivity index (χ4v) is 3.05. The smallest absolute Gasteiger partial charge is 0.262 e. The summed E-state index contributed by atoms with van der Waals surface area (Å²) < 4.78 is 1.80. The highest BCUT2D eigenvalue weighted by Gasteiger charge is 2.25. The molecule has 4 rings (SSSR count). The minimum atomic E-state index is -0.326. The predicted molar refractivity (Wildman–Crippen MR) is 108 cm³/mol. The number of para-hydroxylation sites is 1. The van der Waals surface area contributed by atoms with Crippen LogP contribution in [-0.4, -0.2) is 21.7 Å². The van der Waals surface area contributed by atoms with Gasteiger partial charge in [-0.3, -0.25) is 4.79 Å². The predicted octanol–water partition coefficient (Wildman–Crippen LogP) is 4.03. The highest BCUT2D eigenvalue weighted by molar-refractivity contribution is 6.02. The molecule has 5 nitrogen and oxygen atoms in total. The Labute approximate surface area is 163 Å². The largest absolute Gasteiger partial charge is 0.349 e. The van der Waals surface area contributed by atoms with E-state index in [2.05, 4.69) is 5.32 Å². The van der Waals surface area contributed by atoms with Crippen molar-refractivity contribution in [3.63, 3.8) is 0 Å². The molecule has 1 fully saturated rings. The highest BCUT2D eigenvalue weighted by atomic mass is 16.1. The first-order chi connectivity index (χ1) is 13.7. The van der Waals surface area contributed by atoms with Crippen LogP contribution in [0, 0.1) is 18.3 Å². The maximum Gasteiger partial charge on any atom is 0.262 e. The Kier molecular flexibility index (Phi) is 4.77.